The van der Waals surface area contributed by atoms with E-state index in [1.54, 1.807) is 0 Å². The summed E-state index contributed by atoms with van der Waals surface area (Å²) in [6.45, 7) is 17.0. The maximum atomic E-state index is 11.2. The first-order chi connectivity index (χ1) is 17.8. The minimum atomic E-state index is 0. The Morgan fingerprint density at radius 2 is 1.67 bits per heavy atom. The SMILES string of the molecule is C=Cc1c(C)c2cc3nc(c(C)c4nc(cc5[nH]c(cc1[nH]2)c(C)c5CC)C(C)=C4)[C@@H](CC[C-]=O)[C@@H]3C.[Na+].[OH-]. The van der Waals surface area contributed by atoms with Crippen LogP contribution in [-0.4, -0.2) is 31.7 Å². The van der Waals surface area contributed by atoms with E-state index in [4.69, 9.17) is 9.97 Å². The molecule has 0 saturated heterocycles. The van der Waals surface area contributed by atoms with Crippen molar-refractivity contribution in [3.05, 3.63) is 75.4 Å². The van der Waals surface area contributed by atoms with Gasteiger partial charge in [0.25, 0.3) is 0 Å². The van der Waals surface area contributed by atoms with E-state index < -0.39 is 0 Å². The molecular weight excluding hydrogens is 495 g/mol. The van der Waals surface area contributed by atoms with E-state index >= 15 is 0 Å². The summed E-state index contributed by atoms with van der Waals surface area (Å²) in [6.07, 6.45) is 8.22. The molecule has 8 bridgehead atoms. The third-order valence-corrected chi connectivity index (χ3v) is 8.23. The smallest absolute Gasteiger partial charge is 0.870 e. The number of carbonyl (C=O) groups excluding carboxylic acids is 1. The Kier molecular flexibility index (Phi) is 9.60. The Morgan fingerprint density at radius 3 is 2.33 bits per heavy atom. The molecule has 2 aliphatic rings. The van der Waals surface area contributed by atoms with Gasteiger partial charge in [0.15, 0.2) is 0 Å². The van der Waals surface area contributed by atoms with Crippen LogP contribution in [0.5, 0.6) is 0 Å². The van der Waals surface area contributed by atoms with E-state index in [2.05, 4.69) is 88.7 Å². The molecule has 198 valence electrons. The number of fused-ring (bicyclic) bond motifs is 8. The Hall–Kier alpha value is -2.77. The summed E-state index contributed by atoms with van der Waals surface area (Å²) in [4.78, 5) is 28.7. The standard InChI is InChI=1S/C32H35N4O.Na.H2O/c1-8-22-19(5)28-16-31-23(9-2)18(4)27(34-31)15-29-20(6)24(11-10-12-37)32(36-29)21(7)26-13-17(3)25(33-26)14-30(22)35-28;;/h9,13-16,20,24,34-35H,2,8,10-11H2,1,3-7H3;;1H2/q-1;+1;/p-1/t20-,24-;;/m0../s1. The summed E-state index contributed by atoms with van der Waals surface area (Å²) in [6, 6.07) is 6.53. The molecule has 2 atom stereocenters. The zero-order valence-electron chi connectivity index (χ0n) is 24.1. The molecule has 0 spiro atoms. The van der Waals surface area contributed by atoms with Crippen LogP contribution in [0.4, 0.5) is 0 Å². The number of nitrogens with one attached hydrogen (secondary N) is 2. The molecule has 0 radical (unpaired) electrons. The summed E-state index contributed by atoms with van der Waals surface area (Å²) < 4.78 is 0. The van der Waals surface area contributed by atoms with Gasteiger partial charge >= 0.3 is 29.6 Å². The largest absolute Gasteiger partial charge is 1.00 e. The van der Waals surface area contributed by atoms with Gasteiger partial charge in [-0.15, -0.1) is 0 Å². The van der Waals surface area contributed by atoms with E-state index in [1.165, 1.54) is 11.1 Å². The number of nitrogens with zero attached hydrogens (tertiary/aromatic N) is 2. The van der Waals surface area contributed by atoms with Gasteiger partial charge < -0.3 is 20.2 Å². The van der Waals surface area contributed by atoms with Crippen molar-refractivity contribution in [3.63, 3.8) is 0 Å². The van der Waals surface area contributed by atoms with Gasteiger partial charge in [0, 0.05) is 50.9 Å². The molecule has 5 rings (SSSR count). The van der Waals surface area contributed by atoms with Crippen molar-refractivity contribution >= 4 is 46.1 Å². The van der Waals surface area contributed by atoms with Crippen molar-refractivity contribution < 1.29 is 39.8 Å². The van der Waals surface area contributed by atoms with Crippen LogP contribution in [-0.2, 0) is 11.2 Å². The zero-order chi connectivity index (χ0) is 26.4. The van der Waals surface area contributed by atoms with Crippen molar-refractivity contribution in [2.24, 2.45) is 0 Å². The molecule has 0 aliphatic carbocycles. The first-order valence-electron chi connectivity index (χ1n) is 13.2. The quantitative estimate of drug-likeness (QED) is 0.371. The van der Waals surface area contributed by atoms with E-state index in [0.717, 1.165) is 79.9 Å². The molecule has 3 N–H and O–H groups in total. The van der Waals surface area contributed by atoms with Crippen LogP contribution in [0.15, 0.2) is 24.8 Å². The Balaban J connectivity index is 0.00000210. The van der Waals surface area contributed by atoms with Crippen molar-refractivity contribution in [1.29, 1.82) is 0 Å². The molecule has 5 heterocycles. The average molecular weight is 532 g/mol. The molecule has 0 fully saturated rings. The van der Waals surface area contributed by atoms with Gasteiger partial charge in [0.1, 0.15) is 0 Å². The van der Waals surface area contributed by atoms with Crippen LogP contribution in [0, 0.1) is 20.8 Å². The molecule has 0 aromatic carbocycles. The van der Waals surface area contributed by atoms with Gasteiger partial charge in [-0.05, 0) is 86.2 Å². The van der Waals surface area contributed by atoms with Crippen LogP contribution in [0.25, 0.3) is 39.8 Å². The number of aromatic amines is 2. The predicted molar refractivity (Wildman–Crippen MR) is 156 cm³/mol. The van der Waals surface area contributed by atoms with E-state index in [9.17, 15) is 4.79 Å². The third-order valence-electron chi connectivity index (χ3n) is 8.23. The maximum Gasteiger partial charge on any atom is 1.00 e. The second-order valence-electron chi connectivity index (χ2n) is 10.4. The fraction of sp³-hybridized carbons (Fsp3) is 0.344. The van der Waals surface area contributed by atoms with Crippen molar-refractivity contribution in [3.8, 4) is 0 Å². The minimum Gasteiger partial charge on any atom is -0.870 e. The molecular formula is C32H36N4NaO2-. The van der Waals surface area contributed by atoms with Gasteiger partial charge in [0.2, 0.25) is 0 Å². The summed E-state index contributed by atoms with van der Waals surface area (Å²) in [5.41, 5.74) is 15.2. The maximum absolute atomic E-state index is 11.2. The average Bonchev–Trinajstić information content (AvgIpc) is 3.57. The number of hydrogen-bond acceptors (Lipinski definition) is 4. The molecule has 0 saturated carbocycles. The second-order valence-corrected chi connectivity index (χ2v) is 10.4. The first-order valence-corrected chi connectivity index (χ1v) is 13.2. The summed E-state index contributed by atoms with van der Waals surface area (Å²) >= 11 is 0. The van der Waals surface area contributed by atoms with Crippen molar-refractivity contribution in [2.75, 3.05) is 0 Å². The number of H-pyrrole nitrogens is 2. The fourth-order valence-corrected chi connectivity index (χ4v) is 5.90. The minimum absolute atomic E-state index is 0. The molecule has 6 nitrogen and oxygen atoms in total. The van der Waals surface area contributed by atoms with E-state index in [-0.39, 0.29) is 46.9 Å². The number of allylic oxidation sites excluding steroid dienone is 1. The van der Waals surface area contributed by atoms with Gasteiger partial charge in [0.05, 0.1) is 11.4 Å². The number of aryl methyl sites for hydroxylation is 3. The molecule has 2 aliphatic heterocycles. The van der Waals surface area contributed by atoms with E-state index in [1.807, 2.05) is 6.08 Å². The van der Waals surface area contributed by atoms with Crippen LogP contribution in [0.2, 0.25) is 0 Å². The van der Waals surface area contributed by atoms with Crippen LogP contribution < -0.4 is 29.6 Å². The van der Waals surface area contributed by atoms with Gasteiger partial charge in [-0.25, -0.2) is 4.98 Å². The van der Waals surface area contributed by atoms with Crippen LogP contribution in [0.1, 0.15) is 96.0 Å². The molecule has 3 aromatic rings. The molecule has 0 unspecified atom stereocenters. The molecule has 39 heavy (non-hydrogen) atoms. The zero-order valence-corrected chi connectivity index (χ0v) is 26.1. The number of rotatable bonds is 5. The second kappa shape index (κ2) is 12.2. The van der Waals surface area contributed by atoms with Crippen LogP contribution >= 0.6 is 0 Å². The molecule has 3 aromatic heterocycles. The number of aromatic nitrogens is 4. The van der Waals surface area contributed by atoms with Crippen LogP contribution in [0.3, 0.4) is 0 Å². The summed E-state index contributed by atoms with van der Waals surface area (Å²) in [7, 11) is 0. The summed E-state index contributed by atoms with van der Waals surface area (Å²) in [5.74, 6) is 0.325. The Bertz CT molecular complexity index is 1630. The topological polar surface area (TPSA) is 104 Å². The molecule has 7 heteroatoms. The van der Waals surface area contributed by atoms with Crippen molar-refractivity contribution in [1.82, 2.24) is 19.9 Å². The first kappa shape index (κ1) is 30.8. The number of hydrogen-bond donors (Lipinski definition) is 2. The third kappa shape index (κ3) is 5.36. The monoisotopic (exact) mass is 531 g/mol. The predicted octanol–water partition coefficient (Wildman–Crippen LogP) is 4.61. The van der Waals surface area contributed by atoms with Gasteiger partial charge in [-0.1, -0.05) is 32.9 Å². The van der Waals surface area contributed by atoms with Gasteiger partial charge in [-0.2, -0.15) is 6.42 Å². The van der Waals surface area contributed by atoms with Crippen molar-refractivity contribution in [2.45, 2.75) is 72.6 Å². The van der Waals surface area contributed by atoms with Gasteiger partial charge in [-0.3, -0.25) is 11.3 Å². The summed E-state index contributed by atoms with van der Waals surface area (Å²) in [5, 5.41) is 0. The fourth-order valence-electron chi connectivity index (χ4n) is 5.90. The Labute approximate surface area is 252 Å². The van der Waals surface area contributed by atoms with E-state index in [0.29, 0.717) is 6.42 Å². The Morgan fingerprint density at radius 1 is 0.974 bits per heavy atom. The normalized spacial score (nSPS) is 16.2. The molecule has 0 amide bonds.